The van der Waals surface area contributed by atoms with Gasteiger partial charge in [-0.15, -0.1) is 0 Å². The van der Waals surface area contributed by atoms with Gasteiger partial charge >= 0.3 is 0 Å². The van der Waals surface area contributed by atoms with Crippen LogP contribution >= 0.6 is 0 Å². The molecule has 27 heavy (non-hydrogen) atoms. The Balaban J connectivity index is 1.44. The second-order valence-corrected chi connectivity index (χ2v) is 6.66. The highest BCUT2D eigenvalue weighted by Crippen LogP contribution is 2.26. The van der Waals surface area contributed by atoms with E-state index in [4.69, 9.17) is 0 Å². The number of pyridine rings is 1. The van der Waals surface area contributed by atoms with Crippen LogP contribution in [0.1, 0.15) is 5.56 Å². The number of hydrogen-bond donors (Lipinski definition) is 0. The lowest BCUT2D eigenvalue weighted by atomic mass is 10.1. The number of hydrogen-bond acceptors (Lipinski definition) is 3. The van der Waals surface area contributed by atoms with Crippen molar-refractivity contribution in [2.45, 2.75) is 6.42 Å². The molecule has 1 aliphatic rings. The van der Waals surface area contributed by atoms with E-state index < -0.39 is 11.6 Å². The van der Waals surface area contributed by atoms with Crippen LogP contribution in [0.2, 0.25) is 0 Å². The maximum Gasteiger partial charge on any atom is 0.227 e. The standard InChI is InChI=1S/C21H19F2N3O/c22-17-5-6-19(23)16(11-17)12-21(27)26-9-7-25(8-10-26)20-14-24-13-15-3-1-2-4-18(15)20/h1-6,11,13-14H,7-10,12H2. The van der Waals surface area contributed by atoms with Crippen LogP contribution in [-0.4, -0.2) is 42.0 Å². The predicted octanol–water partition coefficient (Wildman–Crippen LogP) is 3.40. The maximum atomic E-state index is 13.8. The number of benzene rings is 2. The number of halogens is 2. The Morgan fingerprint density at radius 3 is 2.59 bits per heavy atom. The fraction of sp³-hybridized carbons (Fsp3) is 0.238. The van der Waals surface area contributed by atoms with Crippen LogP contribution in [0.3, 0.4) is 0 Å². The minimum Gasteiger partial charge on any atom is -0.366 e. The number of carbonyl (C=O) groups is 1. The average molecular weight is 367 g/mol. The van der Waals surface area contributed by atoms with Gasteiger partial charge < -0.3 is 9.80 Å². The maximum absolute atomic E-state index is 13.8. The van der Waals surface area contributed by atoms with E-state index in [9.17, 15) is 13.6 Å². The Morgan fingerprint density at radius 2 is 1.78 bits per heavy atom. The van der Waals surface area contributed by atoms with Gasteiger partial charge in [0, 0.05) is 48.7 Å². The molecule has 1 aliphatic heterocycles. The monoisotopic (exact) mass is 367 g/mol. The average Bonchev–Trinajstić information content (AvgIpc) is 2.70. The van der Waals surface area contributed by atoms with Gasteiger partial charge in [-0.05, 0) is 18.2 Å². The minimum absolute atomic E-state index is 0.0979. The van der Waals surface area contributed by atoms with Gasteiger partial charge in [0.2, 0.25) is 5.91 Å². The number of anilines is 1. The van der Waals surface area contributed by atoms with Crippen LogP contribution in [0.5, 0.6) is 0 Å². The third-order valence-corrected chi connectivity index (χ3v) is 4.97. The molecular formula is C21H19F2N3O. The van der Waals surface area contributed by atoms with Crippen molar-refractivity contribution in [1.82, 2.24) is 9.88 Å². The Bertz CT molecular complexity index is 979. The molecule has 0 N–H and O–H groups in total. The third-order valence-electron chi connectivity index (χ3n) is 4.97. The second kappa shape index (κ2) is 7.31. The van der Waals surface area contributed by atoms with Gasteiger partial charge in [0.15, 0.2) is 0 Å². The molecule has 2 heterocycles. The number of piperazine rings is 1. The van der Waals surface area contributed by atoms with Gasteiger partial charge in [0.1, 0.15) is 11.6 Å². The van der Waals surface area contributed by atoms with Gasteiger partial charge in [-0.1, -0.05) is 24.3 Å². The first kappa shape index (κ1) is 17.4. The molecule has 0 bridgehead atoms. The van der Waals surface area contributed by atoms with Crippen LogP contribution in [0, 0.1) is 11.6 Å². The first-order valence-corrected chi connectivity index (χ1v) is 8.91. The molecule has 138 valence electrons. The van der Waals surface area contributed by atoms with Crippen molar-refractivity contribution in [2.75, 3.05) is 31.1 Å². The van der Waals surface area contributed by atoms with Crippen LogP contribution in [0.15, 0.2) is 54.9 Å². The molecule has 1 saturated heterocycles. The summed E-state index contributed by atoms with van der Waals surface area (Å²) in [7, 11) is 0. The Morgan fingerprint density at radius 1 is 1.00 bits per heavy atom. The summed E-state index contributed by atoms with van der Waals surface area (Å²) < 4.78 is 27.1. The molecule has 1 aromatic heterocycles. The van der Waals surface area contributed by atoms with E-state index >= 15 is 0 Å². The van der Waals surface area contributed by atoms with Crippen LogP contribution in [0.25, 0.3) is 10.8 Å². The molecule has 1 amide bonds. The highest BCUT2D eigenvalue weighted by molar-refractivity contribution is 5.93. The summed E-state index contributed by atoms with van der Waals surface area (Å²) in [4.78, 5) is 20.7. The summed E-state index contributed by atoms with van der Waals surface area (Å²) in [5, 5.41) is 2.21. The van der Waals surface area contributed by atoms with Gasteiger partial charge in [0.05, 0.1) is 18.3 Å². The number of aromatic nitrogens is 1. The van der Waals surface area contributed by atoms with Crippen LogP contribution < -0.4 is 4.90 Å². The summed E-state index contributed by atoms with van der Waals surface area (Å²) in [6.07, 6.45) is 3.56. The van der Waals surface area contributed by atoms with Gasteiger partial charge in [-0.25, -0.2) is 8.78 Å². The molecule has 0 saturated carbocycles. The van der Waals surface area contributed by atoms with E-state index in [1.165, 1.54) is 0 Å². The zero-order valence-corrected chi connectivity index (χ0v) is 14.7. The molecule has 0 unspecified atom stereocenters. The van der Waals surface area contributed by atoms with E-state index in [1.54, 1.807) is 4.90 Å². The zero-order valence-electron chi connectivity index (χ0n) is 14.7. The minimum atomic E-state index is -0.551. The Kier molecular flexibility index (Phi) is 4.71. The molecule has 4 rings (SSSR count). The highest BCUT2D eigenvalue weighted by Gasteiger charge is 2.23. The Labute approximate surface area is 156 Å². The summed E-state index contributed by atoms with van der Waals surface area (Å²) in [6.45, 7) is 2.43. The first-order valence-electron chi connectivity index (χ1n) is 8.91. The lowest BCUT2D eigenvalue weighted by Gasteiger charge is -2.36. The number of nitrogens with zero attached hydrogens (tertiary/aromatic N) is 3. The largest absolute Gasteiger partial charge is 0.366 e. The summed E-state index contributed by atoms with van der Waals surface area (Å²) >= 11 is 0. The van der Waals surface area contributed by atoms with Gasteiger partial charge in [-0.3, -0.25) is 9.78 Å². The smallest absolute Gasteiger partial charge is 0.227 e. The molecule has 4 nitrogen and oxygen atoms in total. The normalized spacial score (nSPS) is 14.6. The predicted molar refractivity (Wildman–Crippen MR) is 101 cm³/mol. The van der Waals surface area contributed by atoms with E-state index in [0.717, 1.165) is 34.7 Å². The molecule has 0 aliphatic carbocycles. The molecule has 0 radical (unpaired) electrons. The molecule has 2 aromatic carbocycles. The summed E-state index contributed by atoms with van der Waals surface area (Å²) in [5.41, 5.74) is 1.15. The van der Waals surface area contributed by atoms with Crippen LogP contribution in [-0.2, 0) is 11.2 Å². The van der Waals surface area contributed by atoms with E-state index in [1.807, 2.05) is 30.6 Å². The van der Waals surface area contributed by atoms with Crippen molar-refractivity contribution in [3.63, 3.8) is 0 Å². The fourth-order valence-electron chi connectivity index (χ4n) is 3.50. The molecule has 0 spiro atoms. The lowest BCUT2D eigenvalue weighted by molar-refractivity contribution is -0.130. The van der Waals surface area contributed by atoms with Crippen molar-refractivity contribution < 1.29 is 13.6 Å². The lowest BCUT2D eigenvalue weighted by Crippen LogP contribution is -2.49. The van der Waals surface area contributed by atoms with Crippen molar-refractivity contribution in [1.29, 1.82) is 0 Å². The van der Waals surface area contributed by atoms with Crippen molar-refractivity contribution >= 4 is 22.4 Å². The molecule has 6 heteroatoms. The summed E-state index contributed by atoms with van der Waals surface area (Å²) in [5.74, 6) is -1.27. The highest BCUT2D eigenvalue weighted by atomic mass is 19.1. The molecule has 1 fully saturated rings. The quantitative estimate of drug-likeness (QED) is 0.712. The Hall–Kier alpha value is -3.02. The van der Waals surface area contributed by atoms with E-state index in [0.29, 0.717) is 26.2 Å². The SMILES string of the molecule is O=C(Cc1cc(F)ccc1F)N1CCN(c2cncc3ccccc23)CC1. The molecule has 3 aromatic rings. The number of amides is 1. The van der Waals surface area contributed by atoms with Gasteiger partial charge in [0.25, 0.3) is 0 Å². The summed E-state index contributed by atoms with van der Waals surface area (Å²) in [6, 6.07) is 11.3. The molecular weight excluding hydrogens is 348 g/mol. The zero-order chi connectivity index (χ0) is 18.8. The van der Waals surface area contributed by atoms with E-state index in [2.05, 4.69) is 16.0 Å². The topological polar surface area (TPSA) is 36.4 Å². The first-order chi connectivity index (χ1) is 13.1. The third kappa shape index (κ3) is 3.60. The number of fused-ring (bicyclic) bond motifs is 1. The molecule has 0 atom stereocenters. The van der Waals surface area contributed by atoms with Crippen molar-refractivity contribution in [2.24, 2.45) is 0 Å². The van der Waals surface area contributed by atoms with Gasteiger partial charge in [-0.2, -0.15) is 0 Å². The van der Waals surface area contributed by atoms with Crippen LogP contribution in [0.4, 0.5) is 14.5 Å². The van der Waals surface area contributed by atoms with Crippen molar-refractivity contribution in [3.05, 3.63) is 72.1 Å². The number of carbonyl (C=O) groups excluding carboxylic acids is 1. The van der Waals surface area contributed by atoms with Crippen molar-refractivity contribution in [3.8, 4) is 0 Å². The fourth-order valence-corrected chi connectivity index (χ4v) is 3.50. The number of rotatable bonds is 3. The second-order valence-electron chi connectivity index (χ2n) is 6.66. The van der Waals surface area contributed by atoms with E-state index in [-0.39, 0.29) is 17.9 Å².